The quantitative estimate of drug-likeness (QED) is 0.476. The van der Waals surface area contributed by atoms with Crippen LogP contribution < -0.4 is 5.73 Å². The van der Waals surface area contributed by atoms with Gasteiger partial charge in [0.25, 0.3) is 0 Å². The average molecular weight is 320 g/mol. The maximum atomic E-state index is 8.58. The van der Waals surface area contributed by atoms with Gasteiger partial charge in [-0.1, -0.05) is 45.8 Å². The fraction of sp³-hybridized carbons (Fsp3) is 0.857. The third-order valence-electron chi connectivity index (χ3n) is 7.39. The van der Waals surface area contributed by atoms with Crippen LogP contribution in [-0.4, -0.2) is 6.41 Å². The van der Waals surface area contributed by atoms with Crippen molar-refractivity contribution in [3.8, 4) is 0 Å². The molecular weight excluding hydrogens is 282 g/mol. The van der Waals surface area contributed by atoms with Crippen molar-refractivity contribution in [3.63, 3.8) is 0 Å². The van der Waals surface area contributed by atoms with Crippen LogP contribution in [0.4, 0.5) is 0 Å². The molecule has 4 saturated carbocycles. The summed E-state index contributed by atoms with van der Waals surface area (Å²) in [7, 11) is 0. The molecule has 6 atom stereocenters. The number of hydrogen-bond acceptors (Lipinski definition) is 1. The van der Waals surface area contributed by atoms with E-state index >= 15 is 0 Å². The fourth-order valence-corrected chi connectivity index (χ4v) is 6.60. The summed E-state index contributed by atoms with van der Waals surface area (Å²) in [6.07, 6.45) is 13.9. The predicted octanol–water partition coefficient (Wildman–Crippen LogP) is 5.32. The first-order chi connectivity index (χ1) is 11.1. The van der Waals surface area contributed by atoms with E-state index in [1.54, 1.807) is 24.8 Å². The van der Waals surface area contributed by atoms with Gasteiger partial charge in [0, 0.05) is 0 Å². The minimum atomic E-state index is 0.250. The van der Waals surface area contributed by atoms with Crippen LogP contribution in [0.3, 0.4) is 0 Å². The van der Waals surface area contributed by atoms with Crippen LogP contribution in [0.25, 0.3) is 0 Å². The van der Waals surface area contributed by atoms with Crippen molar-refractivity contribution in [3.05, 3.63) is 12.2 Å². The van der Waals surface area contributed by atoms with Gasteiger partial charge in [0.2, 0.25) is 6.41 Å². The number of carbonyl (C=O) groups is 1. The Morgan fingerprint density at radius 2 is 1.83 bits per heavy atom. The molecule has 0 heterocycles. The van der Waals surface area contributed by atoms with Crippen molar-refractivity contribution in [2.24, 2.45) is 40.7 Å². The molecule has 6 unspecified atom stereocenters. The zero-order chi connectivity index (χ0) is 17.0. The monoisotopic (exact) mass is 319 g/mol. The summed E-state index contributed by atoms with van der Waals surface area (Å²) in [6.45, 7) is 10.9. The molecule has 1 spiro atoms. The highest BCUT2D eigenvalue weighted by atomic mass is 16.1. The summed E-state index contributed by atoms with van der Waals surface area (Å²) in [5.41, 5.74) is 6.53. The Balaban J connectivity index is 0.000000348. The van der Waals surface area contributed by atoms with Crippen molar-refractivity contribution in [2.75, 3.05) is 0 Å². The summed E-state index contributed by atoms with van der Waals surface area (Å²) >= 11 is 0. The molecule has 4 aliphatic carbocycles. The molecule has 0 saturated heterocycles. The van der Waals surface area contributed by atoms with Gasteiger partial charge >= 0.3 is 0 Å². The Labute approximate surface area is 143 Å². The minimum Gasteiger partial charge on any atom is -0.372 e. The third kappa shape index (κ3) is 3.37. The summed E-state index contributed by atoms with van der Waals surface area (Å²) in [4.78, 5) is 8.58. The number of rotatable bonds is 0. The van der Waals surface area contributed by atoms with Crippen molar-refractivity contribution in [2.45, 2.75) is 78.6 Å². The molecule has 4 fully saturated rings. The van der Waals surface area contributed by atoms with Crippen LogP contribution in [0.1, 0.15) is 78.6 Å². The first-order valence-corrected chi connectivity index (χ1v) is 9.94. The van der Waals surface area contributed by atoms with Crippen LogP contribution in [-0.2, 0) is 4.79 Å². The van der Waals surface area contributed by atoms with Gasteiger partial charge in [-0.25, -0.2) is 0 Å². The molecule has 0 radical (unpaired) electrons. The Bertz CT molecular complexity index is 418. The lowest BCUT2D eigenvalue weighted by atomic mass is 9.50. The smallest absolute Gasteiger partial charge is 0.204 e. The standard InChI is InChI=1S/C18H28.C2H6.CH3NO/c1-12-4-3-5-16-15(12)8-9-18-10-13(2)14(11-18)6-7-17(16)18;1-2;2-1-3/h12,14-17H,2-11H2,1H3;1-2H3;1H,(H2,2,3). The number of hydrogen-bond donors (Lipinski definition) is 1. The average Bonchev–Trinajstić information content (AvgIpc) is 2.79. The van der Waals surface area contributed by atoms with Crippen LogP contribution >= 0.6 is 0 Å². The minimum absolute atomic E-state index is 0.250. The molecule has 23 heavy (non-hydrogen) atoms. The van der Waals surface area contributed by atoms with Crippen LogP contribution in [0.15, 0.2) is 12.2 Å². The zero-order valence-electron chi connectivity index (χ0n) is 15.5. The molecular formula is C21H37NO. The van der Waals surface area contributed by atoms with Crippen molar-refractivity contribution < 1.29 is 4.79 Å². The topological polar surface area (TPSA) is 43.1 Å². The number of amides is 1. The summed E-state index contributed by atoms with van der Waals surface area (Å²) < 4.78 is 0. The van der Waals surface area contributed by atoms with Crippen LogP contribution in [0.5, 0.6) is 0 Å². The summed E-state index contributed by atoms with van der Waals surface area (Å²) in [6, 6.07) is 0. The van der Waals surface area contributed by atoms with E-state index in [1.165, 1.54) is 38.5 Å². The SMILES string of the molecule is C=C1CC23CCC4C(C)CCCC4C2CCC1C3.CC.NC=O. The molecule has 4 aliphatic rings. The summed E-state index contributed by atoms with van der Waals surface area (Å²) in [5.74, 6) is 5.19. The molecule has 0 aliphatic heterocycles. The second kappa shape index (κ2) is 7.85. The molecule has 1 amide bonds. The van der Waals surface area contributed by atoms with E-state index in [4.69, 9.17) is 4.79 Å². The number of carbonyl (C=O) groups excluding carboxylic acids is 1. The Hall–Kier alpha value is -0.790. The highest BCUT2D eigenvalue weighted by molar-refractivity contribution is 5.42. The maximum absolute atomic E-state index is 8.58. The van der Waals surface area contributed by atoms with Crippen LogP contribution in [0.2, 0.25) is 0 Å². The Morgan fingerprint density at radius 3 is 2.52 bits per heavy atom. The van der Waals surface area contributed by atoms with E-state index < -0.39 is 0 Å². The Morgan fingerprint density at radius 1 is 1.13 bits per heavy atom. The molecule has 2 heteroatoms. The van der Waals surface area contributed by atoms with Gasteiger partial charge in [0.15, 0.2) is 0 Å². The first kappa shape index (κ1) is 18.5. The fourth-order valence-electron chi connectivity index (χ4n) is 6.60. The van der Waals surface area contributed by atoms with Crippen molar-refractivity contribution in [1.29, 1.82) is 0 Å². The van der Waals surface area contributed by atoms with E-state index in [0.29, 0.717) is 0 Å². The molecule has 2 N–H and O–H groups in total. The highest BCUT2D eigenvalue weighted by Gasteiger charge is 2.56. The normalized spacial score (nSPS) is 43.8. The maximum Gasteiger partial charge on any atom is 0.204 e. The summed E-state index contributed by atoms with van der Waals surface area (Å²) in [5, 5.41) is 0. The molecule has 0 aromatic carbocycles. The predicted molar refractivity (Wildman–Crippen MR) is 97.8 cm³/mol. The highest BCUT2D eigenvalue weighted by Crippen LogP contribution is 2.66. The van der Waals surface area contributed by atoms with Gasteiger partial charge in [-0.3, -0.25) is 4.79 Å². The second-order valence-electron chi connectivity index (χ2n) is 8.19. The lowest BCUT2D eigenvalue weighted by Crippen LogP contribution is -2.46. The van der Waals surface area contributed by atoms with Gasteiger partial charge < -0.3 is 5.73 Å². The van der Waals surface area contributed by atoms with Crippen molar-refractivity contribution >= 4 is 6.41 Å². The van der Waals surface area contributed by atoms with Gasteiger partial charge in [0.05, 0.1) is 0 Å². The second-order valence-corrected chi connectivity index (χ2v) is 8.19. The van der Waals surface area contributed by atoms with Gasteiger partial charge in [-0.15, -0.1) is 0 Å². The largest absolute Gasteiger partial charge is 0.372 e. The number of fused-ring (bicyclic) bond motifs is 3. The Kier molecular flexibility index (Phi) is 6.33. The molecule has 2 bridgehead atoms. The molecule has 4 rings (SSSR count). The molecule has 2 nitrogen and oxygen atoms in total. The molecule has 132 valence electrons. The van der Waals surface area contributed by atoms with E-state index in [-0.39, 0.29) is 6.41 Å². The van der Waals surface area contributed by atoms with Gasteiger partial charge in [0.1, 0.15) is 0 Å². The van der Waals surface area contributed by atoms with E-state index in [0.717, 1.165) is 35.0 Å². The lowest BCUT2D eigenvalue weighted by molar-refractivity contribution is -0.106. The van der Waals surface area contributed by atoms with Crippen LogP contribution in [0, 0.1) is 35.0 Å². The van der Waals surface area contributed by atoms with E-state index in [1.807, 2.05) is 13.8 Å². The molecule has 0 aromatic rings. The van der Waals surface area contributed by atoms with E-state index in [2.05, 4.69) is 19.2 Å². The first-order valence-electron chi connectivity index (χ1n) is 9.94. The van der Waals surface area contributed by atoms with E-state index in [9.17, 15) is 0 Å². The molecule has 0 aromatic heterocycles. The number of primary amides is 1. The number of nitrogens with two attached hydrogens (primary N) is 1. The van der Waals surface area contributed by atoms with Gasteiger partial charge in [-0.2, -0.15) is 0 Å². The van der Waals surface area contributed by atoms with Crippen molar-refractivity contribution in [1.82, 2.24) is 0 Å². The lowest BCUT2D eigenvalue weighted by Gasteiger charge is -2.55. The van der Waals surface area contributed by atoms with Gasteiger partial charge in [-0.05, 0) is 80.0 Å². The third-order valence-corrected chi connectivity index (χ3v) is 7.39. The number of allylic oxidation sites excluding steroid dienone is 1. The zero-order valence-corrected chi connectivity index (χ0v) is 15.5.